The average Bonchev–Trinajstić information content (AvgIpc) is 2.90. The van der Waals surface area contributed by atoms with Crippen LogP contribution in [0.5, 0.6) is 0 Å². The number of carbonyl (C=O) groups excluding carboxylic acids is 1. The zero-order valence-electron chi connectivity index (χ0n) is 13.4. The molecule has 1 aromatic heterocycles. The third kappa shape index (κ3) is 5.18. The van der Waals surface area contributed by atoms with Gasteiger partial charge in [0.25, 0.3) is 0 Å². The first-order valence-corrected chi connectivity index (χ1v) is 9.00. The number of carbonyl (C=O) groups is 1. The number of aromatic nitrogens is 2. The van der Waals surface area contributed by atoms with Gasteiger partial charge in [0.2, 0.25) is 5.91 Å². The summed E-state index contributed by atoms with van der Waals surface area (Å²) in [7, 11) is 2.03. The summed E-state index contributed by atoms with van der Waals surface area (Å²) in [5, 5.41) is 0. The molecule has 5 nitrogen and oxygen atoms in total. The highest BCUT2D eigenvalue weighted by Crippen LogP contribution is 2.21. The average molecular weight is 347 g/mol. The smallest absolute Gasteiger partial charge is 0.239 e. The van der Waals surface area contributed by atoms with Crippen molar-refractivity contribution in [1.82, 2.24) is 14.5 Å². The van der Waals surface area contributed by atoms with E-state index < -0.39 is 0 Å². The van der Waals surface area contributed by atoms with Crippen LogP contribution >= 0.6 is 24.2 Å². The SMILES string of the molecule is CSCC[C@H](N)C(=O)N1CCC(Cc2nccn2C)CC1.Cl. The number of amides is 1. The van der Waals surface area contributed by atoms with E-state index in [9.17, 15) is 4.79 Å². The second-order valence-corrected chi connectivity index (χ2v) is 6.80. The molecule has 1 amide bonds. The number of nitrogens with two attached hydrogens (primary N) is 1. The lowest BCUT2D eigenvalue weighted by Crippen LogP contribution is -2.47. The van der Waals surface area contributed by atoms with E-state index in [1.54, 1.807) is 11.8 Å². The molecular weight excluding hydrogens is 320 g/mol. The molecule has 1 aliphatic rings. The standard InChI is InChI=1S/C15H26N4OS.ClH/c1-18-9-6-17-14(18)11-12-3-7-19(8-4-12)15(20)13(16)5-10-21-2;/h6,9,12-13H,3-5,7-8,10-11,16H2,1-2H3;1H/t13-;/m0./s1. The molecule has 0 bridgehead atoms. The summed E-state index contributed by atoms with van der Waals surface area (Å²) in [6.07, 6.45) is 9.75. The van der Waals surface area contributed by atoms with Crippen LogP contribution in [0, 0.1) is 5.92 Å². The molecule has 0 saturated carbocycles. The van der Waals surface area contributed by atoms with E-state index in [4.69, 9.17) is 5.73 Å². The molecule has 1 aliphatic heterocycles. The quantitative estimate of drug-likeness (QED) is 0.851. The van der Waals surface area contributed by atoms with Crippen molar-refractivity contribution in [3.8, 4) is 0 Å². The summed E-state index contributed by atoms with van der Waals surface area (Å²) < 4.78 is 2.08. The van der Waals surface area contributed by atoms with Crippen molar-refractivity contribution in [3.05, 3.63) is 18.2 Å². The van der Waals surface area contributed by atoms with Crippen molar-refractivity contribution in [2.75, 3.05) is 25.1 Å². The van der Waals surface area contributed by atoms with Crippen LogP contribution in [0.3, 0.4) is 0 Å². The van der Waals surface area contributed by atoms with Gasteiger partial charge in [-0.25, -0.2) is 4.98 Å². The normalized spacial score (nSPS) is 17.1. The molecular formula is C15H27ClN4OS. The highest BCUT2D eigenvalue weighted by atomic mass is 35.5. The Kier molecular flexibility index (Phi) is 8.28. The zero-order chi connectivity index (χ0) is 15.2. The molecule has 0 unspecified atom stereocenters. The molecule has 2 N–H and O–H groups in total. The lowest BCUT2D eigenvalue weighted by molar-refractivity contribution is -0.134. The Balaban J connectivity index is 0.00000242. The van der Waals surface area contributed by atoms with Crippen molar-refractivity contribution in [3.63, 3.8) is 0 Å². The van der Waals surface area contributed by atoms with Gasteiger partial charge in [0.1, 0.15) is 5.82 Å². The number of thioether (sulfide) groups is 1. The van der Waals surface area contributed by atoms with E-state index in [-0.39, 0.29) is 24.4 Å². The fraction of sp³-hybridized carbons (Fsp3) is 0.733. The van der Waals surface area contributed by atoms with Crippen LogP contribution in [-0.2, 0) is 18.3 Å². The molecule has 0 spiro atoms. The Morgan fingerprint density at radius 1 is 1.50 bits per heavy atom. The minimum atomic E-state index is -0.330. The van der Waals surface area contributed by atoms with Crippen LogP contribution in [0.4, 0.5) is 0 Å². The van der Waals surface area contributed by atoms with Crippen molar-refractivity contribution < 1.29 is 4.79 Å². The van der Waals surface area contributed by atoms with Gasteiger partial charge in [0.05, 0.1) is 6.04 Å². The number of imidazole rings is 1. The highest BCUT2D eigenvalue weighted by Gasteiger charge is 2.26. The Bertz CT molecular complexity index is 460. The molecule has 0 aromatic carbocycles. The summed E-state index contributed by atoms with van der Waals surface area (Å²) in [4.78, 5) is 18.6. The van der Waals surface area contributed by atoms with Crippen LogP contribution in [-0.4, -0.2) is 51.5 Å². The molecule has 1 fully saturated rings. The van der Waals surface area contributed by atoms with Gasteiger partial charge in [-0.3, -0.25) is 4.79 Å². The maximum absolute atomic E-state index is 12.3. The topological polar surface area (TPSA) is 64.2 Å². The minimum absolute atomic E-state index is 0. The van der Waals surface area contributed by atoms with Crippen LogP contribution < -0.4 is 5.73 Å². The number of halogens is 1. The van der Waals surface area contributed by atoms with E-state index in [1.165, 1.54) is 0 Å². The number of piperidine rings is 1. The van der Waals surface area contributed by atoms with Gasteiger partial charge in [-0.15, -0.1) is 12.4 Å². The molecule has 1 atom stereocenters. The van der Waals surface area contributed by atoms with Gasteiger partial charge in [-0.1, -0.05) is 0 Å². The first kappa shape index (κ1) is 19.3. The lowest BCUT2D eigenvalue weighted by Gasteiger charge is -2.33. The molecule has 0 radical (unpaired) electrons. The van der Waals surface area contributed by atoms with Crippen LogP contribution in [0.1, 0.15) is 25.1 Å². The number of hydrogen-bond donors (Lipinski definition) is 1. The number of hydrogen-bond acceptors (Lipinski definition) is 4. The van der Waals surface area contributed by atoms with E-state index in [2.05, 4.69) is 9.55 Å². The highest BCUT2D eigenvalue weighted by molar-refractivity contribution is 7.98. The van der Waals surface area contributed by atoms with Crippen molar-refractivity contribution in [2.24, 2.45) is 18.7 Å². The van der Waals surface area contributed by atoms with Gasteiger partial charge in [0, 0.05) is 39.0 Å². The van der Waals surface area contributed by atoms with E-state index in [0.29, 0.717) is 5.92 Å². The summed E-state index contributed by atoms with van der Waals surface area (Å²) in [5.74, 6) is 2.83. The Morgan fingerprint density at radius 3 is 2.73 bits per heavy atom. The van der Waals surface area contributed by atoms with Crippen molar-refractivity contribution >= 4 is 30.1 Å². The van der Waals surface area contributed by atoms with Crippen molar-refractivity contribution in [1.29, 1.82) is 0 Å². The van der Waals surface area contributed by atoms with Gasteiger partial charge in [-0.2, -0.15) is 11.8 Å². The summed E-state index contributed by atoms with van der Waals surface area (Å²) >= 11 is 1.74. The second-order valence-electron chi connectivity index (χ2n) is 5.82. The molecule has 1 saturated heterocycles. The van der Waals surface area contributed by atoms with Gasteiger partial charge < -0.3 is 15.2 Å². The largest absolute Gasteiger partial charge is 0.341 e. The fourth-order valence-electron chi connectivity index (χ4n) is 2.81. The van der Waals surface area contributed by atoms with Gasteiger partial charge in [-0.05, 0) is 37.2 Å². The summed E-state index contributed by atoms with van der Waals surface area (Å²) in [6, 6.07) is -0.330. The molecule has 2 rings (SSSR count). The maximum Gasteiger partial charge on any atom is 0.239 e. The first-order valence-electron chi connectivity index (χ1n) is 7.61. The van der Waals surface area contributed by atoms with Crippen molar-refractivity contribution in [2.45, 2.75) is 31.7 Å². The molecule has 7 heteroatoms. The van der Waals surface area contributed by atoms with Crippen LogP contribution in [0.2, 0.25) is 0 Å². The van der Waals surface area contributed by atoms with Crippen LogP contribution in [0.25, 0.3) is 0 Å². The number of likely N-dealkylation sites (tertiary alicyclic amines) is 1. The lowest BCUT2D eigenvalue weighted by atomic mass is 9.93. The van der Waals surface area contributed by atoms with Crippen LogP contribution in [0.15, 0.2) is 12.4 Å². The predicted molar refractivity (Wildman–Crippen MR) is 94.4 cm³/mol. The zero-order valence-corrected chi connectivity index (χ0v) is 15.0. The third-order valence-electron chi connectivity index (χ3n) is 4.27. The number of rotatable bonds is 6. The Morgan fingerprint density at radius 2 is 2.18 bits per heavy atom. The third-order valence-corrected chi connectivity index (χ3v) is 4.91. The minimum Gasteiger partial charge on any atom is -0.341 e. The molecule has 1 aromatic rings. The molecule has 0 aliphatic carbocycles. The number of aryl methyl sites for hydroxylation is 1. The van der Waals surface area contributed by atoms with E-state index >= 15 is 0 Å². The van der Waals surface area contributed by atoms with Gasteiger partial charge in [0.15, 0.2) is 0 Å². The number of nitrogens with zero attached hydrogens (tertiary/aromatic N) is 3. The summed E-state index contributed by atoms with van der Waals surface area (Å²) in [5.41, 5.74) is 5.98. The molecule has 126 valence electrons. The maximum atomic E-state index is 12.3. The summed E-state index contributed by atoms with van der Waals surface area (Å²) in [6.45, 7) is 1.67. The monoisotopic (exact) mass is 346 g/mol. The van der Waals surface area contributed by atoms with E-state index in [1.807, 2.05) is 30.6 Å². The predicted octanol–water partition coefficient (Wildman–Crippen LogP) is 1.70. The Labute approximate surface area is 143 Å². The molecule has 22 heavy (non-hydrogen) atoms. The fourth-order valence-corrected chi connectivity index (χ4v) is 3.30. The van der Waals surface area contributed by atoms with Gasteiger partial charge >= 0.3 is 0 Å². The van der Waals surface area contributed by atoms with E-state index in [0.717, 1.165) is 50.4 Å². The molecule has 2 heterocycles. The first-order chi connectivity index (χ1) is 10.1. The second kappa shape index (κ2) is 9.43. The Hall–Kier alpha value is -0.720.